The summed E-state index contributed by atoms with van der Waals surface area (Å²) in [4.78, 5) is 0. The van der Waals surface area contributed by atoms with Gasteiger partial charge in [-0.1, -0.05) is 0 Å². The first kappa shape index (κ1) is 26.9. The molecular formula is C17H39NO5Si2. The molecule has 0 aliphatic heterocycles. The predicted octanol–water partition coefficient (Wildman–Crippen LogP) is 3.34. The highest BCUT2D eigenvalue weighted by molar-refractivity contribution is 6.77. The second kappa shape index (κ2) is 17.1. The van der Waals surface area contributed by atoms with Crippen LogP contribution in [-0.4, -0.2) is 56.9 Å². The Morgan fingerprint density at radius 1 is 0.720 bits per heavy atom. The Balaban J connectivity index is 0. The fourth-order valence-electron chi connectivity index (χ4n) is 2.13. The van der Waals surface area contributed by atoms with E-state index in [1.807, 2.05) is 34.6 Å². The maximum Gasteiger partial charge on any atom is 0.500 e. The van der Waals surface area contributed by atoms with Crippen LogP contribution in [0.25, 0.3) is 0 Å². The molecule has 0 radical (unpaired) electrons. The van der Waals surface area contributed by atoms with Crippen molar-refractivity contribution < 1.29 is 22.1 Å². The van der Waals surface area contributed by atoms with Gasteiger partial charge in [0.05, 0.1) is 0 Å². The van der Waals surface area contributed by atoms with E-state index in [1.54, 1.807) is 11.4 Å². The molecule has 0 aliphatic rings. The minimum atomic E-state index is -2.40. The molecule has 0 saturated carbocycles. The van der Waals surface area contributed by atoms with E-state index in [2.05, 4.69) is 13.2 Å². The summed E-state index contributed by atoms with van der Waals surface area (Å²) in [5, 5.41) is 0. The number of rotatable bonds is 15. The molecule has 0 aromatic carbocycles. The molecule has 0 aromatic rings. The van der Waals surface area contributed by atoms with Crippen molar-refractivity contribution in [2.24, 2.45) is 5.73 Å². The predicted molar refractivity (Wildman–Crippen MR) is 109 cm³/mol. The summed E-state index contributed by atoms with van der Waals surface area (Å²) in [6, 6.07) is 0.818. The van der Waals surface area contributed by atoms with Gasteiger partial charge in [-0.2, -0.15) is 0 Å². The number of hydrogen-bond donors (Lipinski definition) is 1. The summed E-state index contributed by atoms with van der Waals surface area (Å²) in [5.41, 5.74) is 8.97. The third-order valence-corrected chi connectivity index (χ3v) is 8.86. The highest BCUT2D eigenvalue weighted by Gasteiger charge is 2.39. The van der Waals surface area contributed by atoms with Gasteiger partial charge in [-0.3, -0.25) is 0 Å². The van der Waals surface area contributed by atoms with Gasteiger partial charge in [-0.05, 0) is 59.0 Å². The van der Waals surface area contributed by atoms with Crippen molar-refractivity contribution in [2.75, 3.05) is 39.6 Å². The Morgan fingerprint density at radius 2 is 1.08 bits per heavy atom. The van der Waals surface area contributed by atoms with E-state index >= 15 is 0 Å². The van der Waals surface area contributed by atoms with Gasteiger partial charge in [0.25, 0.3) is 0 Å². The first-order chi connectivity index (χ1) is 12.0. The van der Waals surface area contributed by atoms with E-state index in [1.165, 1.54) is 0 Å². The van der Waals surface area contributed by atoms with Gasteiger partial charge in [0.1, 0.15) is 0 Å². The van der Waals surface area contributed by atoms with E-state index in [0.29, 0.717) is 39.6 Å². The summed E-state index contributed by atoms with van der Waals surface area (Å²) in [6.07, 6.45) is 0.895. The lowest BCUT2D eigenvalue weighted by atomic mass is 10.5. The molecule has 25 heavy (non-hydrogen) atoms. The van der Waals surface area contributed by atoms with Crippen LogP contribution in [0.15, 0.2) is 24.6 Å². The smallest absolute Gasteiger partial charge is 0.389 e. The summed E-state index contributed by atoms with van der Waals surface area (Å²) in [5.74, 6) is 0. The molecule has 0 aromatic heterocycles. The Hall–Kier alpha value is -0.326. The summed E-state index contributed by atoms with van der Waals surface area (Å²) >= 11 is 0. The Kier molecular flexibility index (Phi) is 18.4. The third kappa shape index (κ3) is 11.8. The van der Waals surface area contributed by atoms with Crippen molar-refractivity contribution in [1.29, 1.82) is 0 Å². The molecule has 6 nitrogen and oxygen atoms in total. The number of hydrogen-bond acceptors (Lipinski definition) is 6. The quantitative estimate of drug-likeness (QED) is 0.430. The van der Waals surface area contributed by atoms with E-state index in [0.717, 1.165) is 12.5 Å². The van der Waals surface area contributed by atoms with Gasteiger partial charge in [0.2, 0.25) is 0 Å². The lowest BCUT2D eigenvalue weighted by Gasteiger charge is -2.28. The van der Waals surface area contributed by atoms with Gasteiger partial charge in [0.15, 0.2) is 0 Å². The number of nitrogens with two attached hydrogens (primary N) is 1. The molecule has 0 unspecified atom stereocenters. The van der Waals surface area contributed by atoms with Crippen LogP contribution in [0.1, 0.15) is 41.0 Å². The van der Waals surface area contributed by atoms with Crippen LogP contribution in [0.3, 0.4) is 0 Å². The van der Waals surface area contributed by atoms with Gasteiger partial charge in [-0.15, -0.1) is 13.2 Å². The molecule has 0 aliphatic carbocycles. The van der Waals surface area contributed by atoms with Crippen molar-refractivity contribution in [3.63, 3.8) is 0 Å². The molecule has 2 N–H and O–H groups in total. The molecule has 0 heterocycles. The molecule has 0 amide bonds. The van der Waals surface area contributed by atoms with Crippen LogP contribution in [0.4, 0.5) is 0 Å². The van der Waals surface area contributed by atoms with Crippen LogP contribution in [0.2, 0.25) is 6.04 Å². The van der Waals surface area contributed by atoms with Crippen molar-refractivity contribution >= 4 is 17.4 Å². The van der Waals surface area contributed by atoms with E-state index in [9.17, 15) is 0 Å². The summed E-state index contributed by atoms with van der Waals surface area (Å²) in [6.45, 7) is 21.0. The topological polar surface area (TPSA) is 72.2 Å². The lowest BCUT2D eigenvalue weighted by Crippen LogP contribution is -2.46. The standard InChI is InChI=1S/C9H23NO3Si.C8H16O2Si/c1-4-11-14(12-5-2,13-6-3)9-7-8-10;1-5-9-11(7-3,8-4)10-6-2/h4-10H2,1-3H3;7-8H,3-6H2,1-2H3. The maximum atomic E-state index is 5.65. The average Bonchev–Trinajstić information content (AvgIpc) is 2.61. The minimum absolute atomic E-state index is 0.636. The SMILES string of the molecule is C=C[Si](C=C)(OCC)OCC.CCO[Si](CCCN)(OCC)OCC. The fraction of sp³-hybridized carbons (Fsp3) is 0.765. The van der Waals surface area contributed by atoms with Gasteiger partial charge in [0, 0.05) is 39.1 Å². The molecule has 0 spiro atoms. The normalized spacial score (nSPS) is 11.6. The zero-order valence-electron chi connectivity index (χ0n) is 16.8. The second-order valence-electron chi connectivity index (χ2n) is 4.87. The van der Waals surface area contributed by atoms with Crippen LogP contribution < -0.4 is 5.73 Å². The summed E-state index contributed by atoms with van der Waals surface area (Å²) in [7, 11) is -4.61. The first-order valence-electron chi connectivity index (χ1n) is 9.16. The molecule has 0 fully saturated rings. The lowest BCUT2D eigenvalue weighted by molar-refractivity contribution is 0.0710. The van der Waals surface area contributed by atoms with E-state index < -0.39 is 17.4 Å². The third-order valence-electron chi connectivity index (χ3n) is 3.09. The zero-order chi connectivity index (χ0) is 19.6. The van der Waals surface area contributed by atoms with E-state index in [-0.39, 0.29) is 0 Å². The zero-order valence-corrected chi connectivity index (χ0v) is 18.8. The average molecular weight is 394 g/mol. The fourth-order valence-corrected chi connectivity index (χ4v) is 6.40. The molecular weight excluding hydrogens is 354 g/mol. The molecule has 150 valence electrons. The Labute approximate surface area is 156 Å². The monoisotopic (exact) mass is 393 g/mol. The molecule has 0 rings (SSSR count). The van der Waals surface area contributed by atoms with Crippen molar-refractivity contribution in [3.05, 3.63) is 24.6 Å². The maximum absolute atomic E-state index is 5.65. The van der Waals surface area contributed by atoms with Crippen molar-refractivity contribution in [1.82, 2.24) is 0 Å². The second-order valence-corrected chi connectivity index (χ2v) is 10.4. The van der Waals surface area contributed by atoms with Crippen LogP contribution >= 0.6 is 0 Å². The van der Waals surface area contributed by atoms with Crippen LogP contribution in [0, 0.1) is 0 Å². The first-order valence-corrected chi connectivity index (χ1v) is 13.1. The molecule has 0 atom stereocenters. The van der Waals surface area contributed by atoms with Crippen molar-refractivity contribution in [2.45, 2.75) is 47.1 Å². The highest BCUT2D eigenvalue weighted by Crippen LogP contribution is 2.17. The van der Waals surface area contributed by atoms with Gasteiger partial charge in [-0.25, -0.2) is 0 Å². The van der Waals surface area contributed by atoms with Crippen molar-refractivity contribution in [3.8, 4) is 0 Å². The Bertz CT molecular complexity index is 299. The van der Waals surface area contributed by atoms with Crippen LogP contribution in [-0.2, 0) is 22.1 Å². The summed E-state index contributed by atoms with van der Waals surface area (Å²) < 4.78 is 27.9. The van der Waals surface area contributed by atoms with Gasteiger partial charge >= 0.3 is 17.4 Å². The molecule has 0 bridgehead atoms. The van der Waals surface area contributed by atoms with E-state index in [4.69, 9.17) is 27.9 Å². The highest BCUT2D eigenvalue weighted by atomic mass is 28.4. The Morgan fingerprint density at radius 3 is 1.32 bits per heavy atom. The largest absolute Gasteiger partial charge is 0.500 e. The van der Waals surface area contributed by atoms with Gasteiger partial charge < -0.3 is 27.9 Å². The van der Waals surface area contributed by atoms with Crippen LogP contribution in [0.5, 0.6) is 0 Å². The molecule has 0 saturated heterocycles. The minimum Gasteiger partial charge on any atom is -0.389 e. The molecule has 8 heteroatoms.